The molecule has 7 heteroatoms. The van der Waals surface area contributed by atoms with E-state index in [-0.39, 0.29) is 12.4 Å². The van der Waals surface area contributed by atoms with Crippen LogP contribution in [0.2, 0.25) is 0 Å². The van der Waals surface area contributed by atoms with Gasteiger partial charge in [-0.2, -0.15) is 0 Å². The molecular formula is C8H11N3O4. The lowest BCUT2D eigenvalue weighted by atomic mass is 10.2. The topological polar surface area (TPSA) is 98.3 Å². The number of aryl methyl sites for hydroxylation is 1. The Morgan fingerprint density at radius 3 is 2.93 bits per heavy atom. The molecule has 0 fully saturated rings. The molecule has 0 aliphatic rings. The zero-order valence-electron chi connectivity index (χ0n) is 8.00. The fourth-order valence-electron chi connectivity index (χ4n) is 1.21. The van der Waals surface area contributed by atoms with E-state index in [1.807, 2.05) is 0 Å². The maximum Gasteiger partial charge on any atom is 0.434 e. The largest absolute Gasteiger partial charge is 0.481 e. The van der Waals surface area contributed by atoms with Crippen LogP contribution in [0.5, 0.6) is 0 Å². The average molecular weight is 213 g/mol. The normalized spacial score (nSPS) is 10.1. The number of aromatic nitrogens is 2. The van der Waals surface area contributed by atoms with Crippen molar-refractivity contribution in [1.29, 1.82) is 0 Å². The fourth-order valence-corrected chi connectivity index (χ4v) is 1.21. The number of imidazole rings is 1. The molecule has 0 saturated heterocycles. The summed E-state index contributed by atoms with van der Waals surface area (Å²) in [7, 11) is 0. The summed E-state index contributed by atoms with van der Waals surface area (Å²) >= 11 is 0. The minimum atomic E-state index is -0.852. The lowest BCUT2D eigenvalue weighted by Gasteiger charge is -2.00. The summed E-state index contributed by atoms with van der Waals surface area (Å²) in [6.45, 7) is 0.420. The molecule has 1 rings (SSSR count). The molecule has 0 amide bonds. The van der Waals surface area contributed by atoms with E-state index in [1.54, 1.807) is 0 Å². The van der Waals surface area contributed by atoms with Gasteiger partial charge < -0.3 is 15.2 Å². The second-order valence-corrected chi connectivity index (χ2v) is 3.03. The third-order valence-corrected chi connectivity index (χ3v) is 1.90. The Hall–Kier alpha value is -1.92. The van der Waals surface area contributed by atoms with E-state index >= 15 is 0 Å². The third kappa shape index (κ3) is 3.37. The highest BCUT2D eigenvalue weighted by molar-refractivity contribution is 5.66. The highest BCUT2D eigenvalue weighted by atomic mass is 16.6. The number of hydrogen-bond acceptors (Lipinski definition) is 4. The fraction of sp³-hybridized carbons (Fsp3) is 0.500. The van der Waals surface area contributed by atoms with Crippen molar-refractivity contribution in [2.24, 2.45) is 0 Å². The molecule has 0 saturated carbocycles. The summed E-state index contributed by atoms with van der Waals surface area (Å²) < 4.78 is 1.40. The number of aliphatic carboxylic acids is 1. The van der Waals surface area contributed by atoms with Crippen LogP contribution in [0.25, 0.3) is 0 Å². The number of carboxylic acids is 1. The van der Waals surface area contributed by atoms with Gasteiger partial charge in [-0.05, 0) is 17.8 Å². The zero-order valence-corrected chi connectivity index (χ0v) is 8.00. The second kappa shape index (κ2) is 5.08. The molecule has 0 spiro atoms. The maximum absolute atomic E-state index is 10.5. The molecule has 1 aromatic heterocycles. The summed E-state index contributed by atoms with van der Waals surface area (Å²) in [4.78, 5) is 23.7. The van der Waals surface area contributed by atoms with Gasteiger partial charge in [0.1, 0.15) is 12.4 Å². The van der Waals surface area contributed by atoms with Crippen molar-refractivity contribution in [3.63, 3.8) is 0 Å². The first-order chi connectivity index (χ1) is 7.11. The van der Waals surface area contributed by atoms with Gasteiger partial charge in [-0.1, -0.05) is 4.98 Å². The lowest BCUT2D eigenvalue weighted by molar-refractivity contribution is -0.396. The maximum atomic E-state index is 10.5. The van der Waals surface area contributed by atoms with Gasteiger partial charge in [0.25, 0.3) is 0 Å². The number of unbranched alkanes of at least 4 members (excludes halogenated alkanes) is 1. The van der Waals surface area contributed by atoms with E-state index in [0.717, 1.165) is 0 Å². The van der Waals surface area contributed by atoms with Gasteiger partial charge >= 0.3 is 11.9 Å². The lowest BCUT2D eigenvalue weighted by Crippen LogP contribution is -2.03. The van der Waals surface area contributed by atoms with Gasteiger partial charge in [-0.25, -0.2) is 4.57 Å². The van der Waals surface area contributed by atoms with E-state index < -0.39 is 10.9 Å². The minimum absolute atomic E-state index is 0.0858. The van der Waals surface area contributed by atoms with Crippen molar-refractivity contribution < 1.29 is 14.8 Å². The number of carboxylic acid groups (broad SMARTS) is 1. The Morgan fingerprint density at radius 2 is 2.33 bits per heavy atom. The Kier molecular flexibility index (Phi) is 3.78. The summed E-state index contributed by atoms with van der Waals surface area (Å²) in [5, 5.41) is 18.8. The Bertz CT molecular complexity index is 361. The first-order valence-electron chi connectivity index (χ1n) is 4.48. The molecular weight excluding hydrogens is 202 g/mol. The predicted octanol–water partition coefficient (Wildman–Crippen LogP) is 1.05. The molecule has 7 nitrogen and oxygen atoms in total. The molecule has 0 aromatic carbocycles. The van der Waals surface area contributed by atoms with Gasteiger partial charge in [-0.3, -0.25) is 4.79 Å². The standard InChI is InChI=1S/C8H11N3O4/c12-7(13)3-1-2-5-10-6-4-9-8(10)11(14)15/h4,6H,1-3,5H2,(H,12,13). The number of nitrogens with zero attached hydrogens (tertiary/aromatic N) is 3. The molecule has 0 bridgehead atoms. The molecule has 1 N–H and O–H groups in total. The number of rotatable bonds is 6. The summed E-state index contributed by atoms with van der Waals surface area (Å²) in [6, 6.07) is 0. The van der Waals surface area contributed by atoms with Gasteiger partial charge in [0.15, 0.2) is 0 Å². The third-order valence-electron chi connectivity index (χ3n) is 1.90. The van der Waals surface area contributed by atoms with E-state index in [9.17, 15) is 14.9 Å². The van der Waals surface area contributed by atoms with Crippen LogP contribution < -0.4 is 0 Å². The Morgan fingerprint density at radius 1 is 1.60 bits per heavy atom. The number of carbonyl (C=O) groups is 1. The molecule has 82 valence electrons. The van der Waals surface area contributed by atoms with Crippen LogP contribution in [0.3, 0.4) is 0 Å². The smallest absolute Gasteiger partial charge is 0.434 e. The second-order valence-electron chi connectivity index (χ2n) is 3.03. The molecule has 0 unspecified atom stereocenters. The van der Waals surface area contributed by atoms with Crippen molar-refractivity contribution in [3.8, 4) is 0 Å². The van der Waals surface area contributed by atoms with Crippen molar-refractivity contribution in [2.75, 3.05) is 0 Å². The first-order valence-corrected chi connectivity index (χ1v) is 4.48. The van der Waals surface area contributed by atoms with Crippen LogP contribution in [0.1, 0.15) is 19.3 Å². The summed E-state index contributed by atoms with van der Waals surface area (Å²) in [5.41, 5.74) is 0. The van der Waals surface area contributed by atoms with Gasteiger partial charge in [0.05, 0.1) is 6.54 Å². The Labute approximate surface area is 85.5 Å². The monoisotopic (exact) mass is 213 g/mol. The van der Waals surface area contributed by atoms with Crippen LogP contribution in [0, 0.1) is 10.1 Å². The van der Waals surface area contributed by atoms with Crippen LogP contribution in [0.15, 0.2) is 12.4 Å². The highest BCUT2D eigenvalue weighted by Gasteiger charge is 2.12. The van der Waals surface area contributed by atoms with Crippen LogP contribution in [0.4, 0.5) is 5.95 Å². The molecule has 0 atom stereocenters. The van der Waals surface area contributed by atoms with E-state index in [1.165, 1.54) is 17.0 Å². The van der Waals surface area contributed by atoms with Gasteiger partial charge in [0, 0.05) is 6.42 Å². The van der Waals surface area contributed by atoms with Crippen LogP contribution >= 0.6 is 0 Å². The summed E-state index contributed by atoms with van der Waals surface area (Å²) in [6.07, 6.45) is 4.05. The van der Waals surface area contributed by atoms with Gasteiger partial charge in [0.2, 0.25) is 0 Å². The quantitative estimate of drug-likeness (QED) is 0.432. The average Bonchev–Trinajstić information content (AvgIpc) is 2.60. The number of hydrogen-bond donors (Lipinski definition) is 1. The first kappa shape index (κ1) is 11.2. The molecule has 1 heterocycles. The van der Waals surface area contributed by atoms with Crippen molar-refractivity contribution in [1.82, 2.24) is 9.55 Å². The predicted molar refractivity (Wildman–Crippen MR) is 50.4 cm³/mol. The van der Waals surface area contributed by atoms with Crippen LogP contribution in [-0.2, 0) is 11.3 Å². The van der Waals surface area contributed by atoms with E-state index in [2.05, 4.69) is 4.98 Å². The molecule has 1 aromatic rings. The van der Waals surface area contributed by atoms with Crippen LogP contribution in [-0.4, -0.2) is 25.6 Å². The van der Waals surface area contributed by atoms with E-state index in [0.29, 0.717) is 19.4 Å². The Balaban J connectivity index is 2.40. The van der Waals surface area contributed by atoms with Crippen molar-refractivity contribution in [2.45, 2.75) is 25.8 Å². The molecule has 0 aliphatic heterocycles. The van der Waals surface area contributed by atoms with E-state index in [4.69, 9.17) is 5.11 Å². The highest BCUT2D eigenvalue weighted by Crippen LogP contribution is 2.09. The van der Waals surface area contributed by atoms with Crippen molar-refractivity contribution in [3.05, 3.63) is 22.5 Å². The van der Waals surface area contributed by atoms with Crippen molar-refractivity contribution >= 4 is 11.9 Å². The number of nitro groups is 1. The minimum Gasteiger partial charge on any atom is -0.481 e. The SMILES string of the molecule is O=C(O)CCCCn1ccnc1[N+](=O)[O-]. The van der Waals surface area contributed by atoms with Gasteiger partial charge in [-0.15, -0.1) is 0 Å². The zero-order chi connectivity index (χ0) is 11.3. The molecule has 15 heavy (non-hydrogen) atoms. The summed E-state index contributed by atoms with van der Waals surface area (Å²) in [5.74, 6) is -1.06. The molecule has 0 radical (unpaired) electrons. The molecule has 0 aliphatic carbocycles.